The lowest BCUT2D eigenvalue weighted by Gasteiger charge is -2.15. The maximum Gasteiger partial charge on any atom is 0.286 e. The fourth-order valence-electron chi connectivity index (χ4n) is 4.61. The second-order valence-corrected chi connectivity index (χ2v) is 9.56. The zero-order valence-corrected chi connectivity index (χ0v) is 20.9. The lowest BCUT2D eigenvalue weighted by molar-refractivity contribution is -0.122. The van der Waals surface area contributed by atoms with Crippen LogP contribution in [0.15, 0.2) is 71.4 Å². The van der Waals surface area contributed by atoms with Gasteiger partial charge in [-0.2, -0.15) is 0 Å². The van der Waals surface area contributed by atoms with E-state index in [0.717, 1.165) is 12.1 Å². The number of ketones is 1. The average molecular weight is 541 g/mol. The zero-order chi connectivity index (χ0) is 28.1. The molecule has 39 heavy (non-hydrogen) atoms. The number of benzene rings is 2. The first-order valence-electron chi connectivity index (χ1n) is 12.4. The SMILES string of the molecule is O=C(/C=C(\O)C(=O)N[C@H]1CCC[C@@H]1O)Cc1cc(Cc2ccc(F)cc2F)cn(Cc2ccccc2F)c1=O. The van der Waals surface area contributed by atoms with Gasteiger partial charge < -0.3 is 20.1 Å². The Morgan fingerprint density at radius 3 is 2.46 bits per heavy atom. The number of nitrogens with one attached hydrogen (secondary N) is 1. The molecule has 0 bridgehead atoms. The van der Waals surface area contributed by atoms with Crippen molar-refractivity contribution < 1.29 is 33.0 Å². The van der Waals surface area contributed by atoms with Crippen LogP contribution in [0.1, 0.15) is 41.5 Å². The number of pyridine rings is 1. The largest absolute Gasteiger partial charge is 0.503 e. The topological polar surface area (TPSA) is 109 Å². The molecule has 0 unspecified atom stereocenters. The molecule has 4 rings (SSSR count). The maximum atomic E-state index is 14.3. The normalized spacial score (nSPS) is 17.3. The Morgan fingerprint density at radius 1 is 1.00 bits per heavy atom. The van der Waals surface area contributed by atoms with Gasteiger partial charge >= 0.3 is 0 Å². The zero-order valence-electron chi connectivity index (χ0n) is 20.9. The number of hydrogen-bond acceptors (Lipinski definition) is 5. The summed E-state index contributed by atoms with van der Waals surface area (Å²) < 4.78 is 43.2. The van der Waals surface area contributed by atoms with Crippen molar-refractivity contribution in [3.63, 3.8) is 0 Å². The molecule has 1 amide bonds. The van der Waals surface area contributed by atoms with Crippen LogP contribution in [0.2, 0.25) is 0 Å². The van der Waals surface area contributed by atoms with Crippen molar-refractivity contribution in [1.82, 2.24) is 9.88 Å². The monoisotopic (exact) mass is 540 g/mol. The number of carbonyl (C=O) groups excluding carboxylic acids is 2. The van der Waals surface area contributed by atoms with Crippen molar-refractivity contribution in [2.75, 3.05) is 0 Å². The number of aromatic nitrogens is 1. The fraction of sp³-hybridized carbons (Fsp3) is 0.276. The number of hydrogen-bond donors (Lipinski definition) is 3. The van der Waals surface area contributed by atoms with Crippen molar-refractivity contribution in [3.8, 4) is 0 Å². The smallest absolute Gasteiger partial charge is 0.286 e. The van der Waals surface area contributed by atoms with Crippen molar-refractivity contribution >= 4 is 11.7 Å². The highest BCUT2D eigenvalue weighted by atomic mass is 19.1. The molecule has 0 saturated heterocycles. The van der Waals surface area contributed by atoms with Crippen molar-refractivity contribution in [1.29, 1.82) is 0 Å². The summed E-state index contributed by atoms with van der Waals surface area (Å²) in [6, 6.07) is 9.81. The first-order chi connectivity index (χ1) is 18.6. The van der Waals surface area contributed by atoms with Gasteiger partial charge in [0, 0.05) is 42.3 Å². The van der Waals surface area contributed by atoms with E-state index < -0.39 is 59.0 Å². The van der Waals surface area contributed by atoms with Gasteiger partial charge in [-0.05, 0) is 48.6 Å². The van der Waals surface area contributed by atoms with E-state index in [0.29, 0.717) is 30.9 Å². The fourth-order valence-corrected chi connectivity index (χ4v) is 4.61. The molecular weight excluding hydrogens is 513 g/mol. The van der Waals surface area contributed by atoms with Crippen molar-refractivity contribution in [2.45, 2.75) is 50.8 Å². The number of halogens is 3. The van der Waals surface area contributed by atoms with Gasteiger partial charge in [0.15, 0.2) is 11.5 Å². The first-order valence-corrected chi connectivity index (χ1v) is 12.4. The Morgan fingerprint density at radius 2 is 1.77 bits per heavy atom. The molecule has 7 nitrogen and oxygen atoms in total. The highest BCUT2D eigenvalue weighted by molar-refractivity contribution is 6.00. The minimum atomic E-state index is -0.924. The number of amides is 1. The van der Waals surface area contributed by atoms with Crippen LogP contribution in [0.25, 0.3) is 0 Å². The third-order valence-electron chi connectivity index (χ3n) is 6.62. The van der Waals surface area contributed by atoms with Crippen LogP contribution in [0.4, 0.5) is 13.2 Å². The highest BCUT2D eigenvalue weighted by Gasteiger charge is 2.27. The quantitative estimate of drug-likeness (QED) is 0.285. The number of rotatable bonds is 9. The van der Waals surface area contributed by atoms with Gasteiger partial charge in [0.25, 0.3) is 11.5 Å². The molecule has 0 radical (unpaired) electrons. The number of aliphatic hydroxyl groups excluding tert-OH is 2. The minimum absolute atomic E-state index is 0.0213. The van der Waals surface area contributed by atoms with Gasteiger partial charge in [0.1, 0.15) is 17.5 Å². The van der Waals surface area contributed by atoms with Crippen molar-refractivity contribution in [3.05, 3.63) is 117 Å². The predicted octanol–water partition coefficient (Wildman–Crippen LogP) is 3.49. The third-order valence-corrected chi connectivity index (χ3v) is 6.62. The summed E-state index contributed by atoms with van der Waals surface area (Å²) in [7, 11) is 0. The molecule has 1 aliphatic rings. The van der Waals surface area contributed by atoms with Crippen LogP contribution < -0.4 is 10.9 Å². The van der Waals surface area contributed by atoms with Crippen LogP contribution in [-0.2, 0) is 29.0 Å². The van der Waals surface area contributed by atoms with E-state index in [1.807, 2.05) is 0 Å². The van der Waals surface area contributed by atoms with Gasteiger partial charge in [-0.25, -0.2) is 13.2 Å². The van der Waals surface area contributed by atoms with E-state index in [-0.39, 0.29) is 29.7 Å². The molecule has 1 aromatic heterocycles. The lowest BCUT2D eigenvalue weighted by Crippen LogP contribution is -2.40. The average Bonchev–Trinajstić information content (AvgIpc) is 3.28. The predicted molar refractivity (Wildman–Crippen MR) is 137 cm³/mol. The molecule has 1 aliphatic carbocycles. The number of aliphatic hydroxyl groups is 2. The summed E-state index contributed by atoms with van der Waals surface area (Å²) in [5.74, 6) is -4.62. The molecule has 0 spiro atoms. The summed E-state index contributed by atoms with van der Waals surface area (Å²) in [4.78, 5) is 38.1. The third kappa shape index (κ3) is 7.02. The Balaban J connectivity index is 1.61. The van der Waals surface area contributed by atoms with Gasteiger partial charge in [0.2, 0.25) is 0 Å². The Hall–Kier alpha value is -4.18. The molecular formula is C29H27F3N2O5. The second-order valence-electron chi connectivity index (χ2n) is 9.56. The summed E-state index contributed by atoms with van der Waals surface area (Å²) in [5, 5.41) is 22.4. The number of nitrogens with zero attached hydrogens (tertiary/aromatic N) is 1. The van der Waals surface area contributed by atoms with E-state index in [9.17, 15) is 37.8 Å². The summed E-state index contributed by atoms with van der Waals surface area (Å²) in [5.41, 5.74) is 0.132. The maximum absolute atomic E-state index is 14.3. The molecule has 1 heterocycles. The number of carbonyl (C=O) groups is 2. The number of allylic oxidation sites excluding steroid dienone is 1. The first kappa shape index (κ1) is 27.8. The van der Waals surface area contributed by atoms with Gasteiger partial charge in [-0.1, -0.05) is 24.3 Å². The van der Waals surface area contributed by atoms with Gasteiger partial charge in [-0.15, -0.1) is 0 Å². The Kier molecular flexibility index (Phi) is 8.65. The van der Waals surface area contributed by atoms with Gasteiger partial charge in [-0.3, -0.25) is 14.4 Å². The van der Waals surface area contributed by atoms with Crippen molar-refractivity contribution in [2.24, 2.45) is 0 Å². The minimum Gasteiger partial charge on any atom is -0.503 e. The Bertz CT molecular complexity index is 1480. The lowest BCUT2D eigenvalue weighted by atomic mass is 10.0. The molecule has 1 fully saturated rings. The van der Waals surface area contributed by atoms with E-state index in [1.165, 1.54) is 41.1 Å². The molecule has 3 N–H and O–H groups in total. The van der Waals surface area contributed by atoms with Crippen LogP contribution in [0.3, 0.4) is 0 Å². The molecule has 204 valence electrons. The van der Waals surface area contributed by atoms with E-state index in [4.69, 9.17) is 0 Å². The molecule has 0 aliphatic heterocycles. The molecule has 10 heteroatoms. The van der Waals surface area contributed by atoms with Gasteiger partial charge in [0.05, 0.1) is 18.7 Å². The molecule has 1 saturated carbocycles. The Labute approximate surface area is 222 Å². The summed E-state index contributed by atoms with van der Waals surface area (Å²) in [6.45, 7) is -0.167. The van der Waals surface area contributed by atoms with Crippen LogP contribution in [-0.4, -0.2) is 38.6 Å². The summed E-state index contributed by atoms with van der Waals surface area (Å²) in [6.07, 6.45) is 2.61. The van der Waals surface area contributed by atoms with E-state index >= 15 is 0 Å². The molecule has 2 atom stereocenters. The van der Waals surface area contributed by atoms with Crippen LogP contribution >= 0.6 is 0 Å². The molecule has 3 aromatic rings. The standard InChI is InChI=1S/C29H27F3N2O5/c30-21-9-8-18(24(32)13-21)10-17-11-20(29(39)34(15-17)16-19-4-1-2-5-23(19)31)12-22(35)14-27(37)28(38)33-25-6-3-7-26(25)36/h1-2,4-5,8-9,11,13-15,25-26,36-37H,3,6-7,10,12,16H2,(H,33,38)/b27-14-/t25-,26-/m0/s1. The van der Waals surface area contributed by atoms with Crippen LogP contribution in [0, 0.1) is 17.5 Å². The second kappa shape index (κ2) is 12.1. The van der Waals surface area contributed by atoms with E-state index in [2.05, 4.69) is 5.32 Å². The summed E-state index contributed by atoms with van der Waals surface area (Å²) >= 11 is 0. The van der Waals surface area contributed by atoms with Crippen LogP contribution in [0.5, 0.6) is 0 Å². The highest BCUT2D eigenvalue weighted by Crippen LogP contribution is 2.19. The van der Waals surface area contributed by atoms with E-state index in [1.54, 1.807) is 6.07 Å². The molecule has 2 aromatic carbocycles.